The number of pyridine rings is 1. The molecule has 0 aliphatic carbocycles. The van der Waals surface area contributed by atoms with Gasteiger partial charge in [0, 0.05) is 33.5 Å². The summed E-state index contributed by atoms with van der Waals surface area (Å²) in [5.41, 5.74) is 7.95. The van der Waals surface area contributed by atoms with Gasteiger partial charge in [-0.15, -0.1) is 0 Å². The van der Waals surface area contributed by atoms with E-state index in [1.165, 1.54) is 0 Å². The lowest BCUT2D eigenvalue weighted by Crippen LogP contribution is -2.02. The average Bonchev–Trinajstić information content (AvgIpc) is 3.73. The summed E-state index contributed by atoms with van der Waals surface area (Å²) < 4.78 is 12.4. The summed E-state index contributed by atoms with van der Waals surface area (Å²) in [5, 5.41) is 6.18. The molecule has 0 N–H and O–H groups in total. The summed E-state index contributed by atoms with van der Waals surface area (Å²) in [6.45, 7) is 0. The Morgan fingerprint density at radius 2 is 0.917 bits per heavy atom. The van der Waals surface area contributed by atoms with Crippen molar-refractivity contribution in [1.82, 2.24) is 19.9 Å². The van der Waals surface area contributed by atoms with Crippen molar-refractivity contribution in [3.63, 3.8) is 0 Å². The third-order valence-electron chi connectivity index (χ3n) is 9.03. The van der Waals surface area contributed by atoms with Gasteiger partial charge in [0.2, 0.25) is 0 Å². The van der Waals surface area contributed by atoms with Gasteiger partial charge in [-0.25, -0.2) is 15.0 Å². The topological polar surface area (TPSA) is 77.8 Å². The number of aromatic nitrogens is 4. The Bertz CT molecular complexity index is 2850. The number of fused-ring (bicyclic) bond motifs is 7. The van der Waals surface area contributed by atoms with Crippen LogP contribution >= 0.6 is 0 Å². The minimum absolute atomic E-state index is 0.485. The highest BCUT2D eigenvalue weighted by Crippen LogP contribution is 2.42. The molecule has 0 radical (unpaired) electrons. The molecule has 10 aromatic rings. The number of para-hydroxylation sites is 2. The summed E-state index contributed by atoms with van der Waals surface area (Å²) >= 11 is 0. The van der Waals surface area contributed by atoms with Gasteiger partial charge in [0.05, 0.1) is 5.39 Å². The van der Waals surface area contributed by atoms with Crippen LogP contribution < -0.4 is 0 Å². The lowest BCUT2D eigenvalue weighted by Gasteiger charge is -2.13. The van der Waals surface area contributed by atoms with E-state index in [1.807, 2.05) is 78.9 Å². The Balaban J connectivity index is 1.23. The van der Waals surface area contributed by atoms with E-state index in [0.29, 0.717) is 23.2 Å². The molecule has 0 saturated carbocycles. The van der Waals surface area contributed by atoms with Gasteiger partial charge in [0.25, 0.3) is 0 Å². The van der Waals surface area contributed by atoms with Crippen LogP contribution in [0.3, 0.4) is 0 Å². The fourth-order valence-electron chi connectivity index (χ4n) is 6.89. The van der Waals surface area contributed by atoms with Crippen molar-refractivity contribution in [2.75, 3.05) is 0 Å². The molecule has 0 fully saturated rings. The van der Waals surface area contributed by atoms with Crippen molar-refractivity contribution in [1.29, 1.82) is 0 Å². The average molecular weight is 617 g/mol. The summed E-state index contributed by atoms with van der Waals surface area (Å²) in [6, 6.07) is 47.0. The molecule has 4 heterocycles. The Kier molecular flexibility index (Phi) is 5.77. The standard InChI is InChI=1S/C42H24N4O2/c1-2-11-25(12-3-1)40-44-41(46-42(45-40)39-38-32-16-7-9-19-34(32)48-36(38)23-24-43-39)30-22-21-28(26-13-4-5-14-27(26)30)29-17-10-20-35-37(29)31-15-6-8-18-33(31)47-35/h1-24H. The number of hydrogen-bond acceptors (Lipinski definition) is 6. The zero-order valence-electron chi connectivity index (χ0n) is 25.5. The molecular weight excluding hydrogens is 592 g/mol. The SMILES string of the molecule is c1ccc(-c2nc(-c3ccc(-c4cccc5oc6ccccc6c45)c4ccccc34)nc(-c3nccc4oc5ccccc5c34)n2)cc1. The predicted molar refractivity (Wildman–Crippen MR) is 191 cm³/mol. The fourth-order valence-corrected chi connectivity index (χ4v) is 6.89. The number of furan rings is 2. The van der Waals surface area contributed by atoms with E-state index in [9.17, 15) is 0 Å². The number of hydrogen-bond donors (Lipinski definition) is 0. The maximum atomic E-state index is 6.24. The Hall–Kier alpha value is -6.66. The summed E-state index contributed by atoms with van der Waals surface area (Å²) in [7, 11) is 0. The van der Waals surface area contributed by atoms with Crippen LogP contribution in [0.1, 0.15) is 0 Å². The zero-order valence-corrected chi connectivity index (χ0v) is 25.5. The third kappa shape index (κ3) is 4.06. The van der Waals surface area contributed by atoms with Gasteiger partial charge >= 0.3 is 0 Å². The normalized spacial score (nSPS) is 11.8. The van der Waals surface area contributed by atoms with Gasteiger partial charge in [0.1, 0.15) is 28.0 Å². The molecule has 0 unspecified atom stereocenters. The van der Waals surface area contributed by atoms with Crippen molar-refractivity contribution < 1.29 is 8.83 Å². The molecule has 224 valence electrons. The van der Waals surface area contributed by atoms with Gasteiger partial charge in [-0.2, -0.15) is 0 Å². The number of benzene rings is 6. The molecule has 0 saturated heterocycles. The van der Waals surface area contributed by atoms with Crippen LogP contribution in [0.4, 0.5) is 0 Å². The molecule has 4 aromatic heterocycles. The quantitative estimate of drug-likeness (QED) is 0.196. The van der Waals surface area contributed by atoms with Crippen LogP contribution in [0.2, 0.25) is 0 Å². The van der Waals surface area contributed by atoms with Crippen molar-refractivity contribution >= 4 is 54.6 Å². The number of rotatable bonds is 4. The highest BCUT2D eigenvalue weighted by atomic mass is 16.3. The molecule has 6 heteroatoms. The van der Waals surface area contributed by atoms with E-state index in [0.717, 1.165) is 76.9 Å². The minimum Gasteiger partial charge on any atom is -0.456 e. The summed E-state index contributed by atoms with van der Waals surface area (Å²) in [6.07, 6.45) is 1.75. The van der Waals surface area contributed by atoms with Gasteiger partial charge in [-0.05, 0) is 52.2 Å². The minimum atomic E-state index is 0.485. The summed E-state index contributed by atoms with van der Waals surface area (Å²) in [4.78, 5) is 20.0. The van der Waals surface area contributed by atoms with Crippen LogP contribution in [0.25, 0.3) is 100 Å². The van der Waals surface area contributed by atoms with Crippen molar-refractivity contribution in [2.24, 2.45) is 0 Å². The van der Waals surface area contributed by atoms with Crippen molar-refractivity contribution in [3.05, 3.63) is 146 Å². The fraction of sp³-hybridized carbons (Fsp3) is 0. The molecular formula is C42H24N4O2. The lowest BCUT2D eigenvalue weighted by molar-refractivity contribution is 0.668. The van der Waals surface area contributed by atoms with Gasteiger partial charge in [-0.3, -0.25) is 4.98 Å². The van der Waals surface area contributed by atoms with Crippen molar-refractivity contribution in [3.8, 4) is 45.4 Å². The van der Waals surface area contributed by atoms with Gasteiger partial charge in [-0.1, -0.05) is 109 Å². The monoisotopic (exact) mass is 616 g/mol. The Morgan fingerprint density at radius 3 is 1.69 bits per heavy atom. The first-order valence-electron chi connectivity index (χ1n) is 15.8. The molecule has 0 amide bonds. The largest absolute Gasteiger partial charge is 0.456 e. The van der Waals surface area contributed by atoms with E-state index in [4.69, 9.17) is 28.8 Å². The molecule has 0 aliphatic rings. The molecule has 0 bridgehead atoms. The van der Waals surface area contributed by atoms with E-state index in [-0.39, 0.29) is 0 Å². The molecule has 0 spiro atoms. The maximum Gasteiger partial charge on any atom is 0.183 e. The molecule has 6 aromatic carbocycles. The van der Waals surface area contributed by atoms with E-state index >= 15 is 0 Å². The second-order valence-corrected chi connectivity index (χ2v) is 11.8. The number of nitrogens with zero attached hydrogens (tertiary/aromatic N) is 4. The van der Waals surface area contributed by atoms with Crippen molar-refractivity contribution in [2.45, 2.75) is 0 Å². The van der Waals surface area contributed by atoms with E-state index < -0.39 is 0 Å². The molecule has 0 atom stereocenters. The van der Waals surface area contributed by atoms with Crippen LogP contribution in [0, 0.1) is 0 Å². The summed E-state index contributed by atoms with van der Waals surface area (Å²) in [5.74, 6) is 1.63. The smallest absolute Gasteiger partial charge is 0.183 e. The third-order valence-corrected chi connectivity index (χ3v) is 9.03. The van der Waals surface area contributed by atoms with Crippen LogP contribution in [-0.2, 0) is 0 Å². The lowest BCUT2D eigenvalue weighted by atomic mass is 9.92. The predicted octanol–water partition coefficient (Wildman–Crippen LogP) is 10.9. The van der Waals surface area contributed by atoms with Gasteiger partial charge in [0.15, 0.2) is 17.5 Å². The maximum absolute atomic E-state index is 6.24. The first-order chi connectivity index (χ1) is 23.8. The van der Waals surface area contributed by atoms with Crippen LogP contribution in [-0.4, -0.2) is 19.9 Å². The second-order valence-electron chi connectivity index (χ2n) is 11.8. The van der Waals surface area contributed by atoms with E-state index in [2.05, 4.69) is 60.7 Å². The van der Waals surface area contributed by atoms with Gasteiger partial charge < -0.3 is 8.83 Å². The molecule has 6 nitrogen and oxygen atoms in total. The molecule has 10 rings (SSSR count). The van der Waals surface area contributed by atoms with Crippen LogP contribution in [0.15, 0.2) is 155 Å². The first kappa shape index (κ1) is 26.5. The van der Waals surface area contributed by atoms with E-state index in [1.54, 1.807) is 6.20 Å². The highest BCUT2D eigenvalue weighted by Gasteiger charge is 2.21. The highest BCUT2D eigenvalue weighted by molar-refractivity contribution is 6.16. The molecule has 0 aliphatic heterocycles. The van der Waals surface area contributed by atoms with Crippen LogP contribution in [0.5, 0.6) is 0 Å². The Morgan fingerprint density at radius 1 is 0.354 bits per heavy atom. The molecule has 48 heavy (non-hydrogen) atoms. The zero-order chi connectivity index (χ0) is 31.6. The first-order valence-corrected chi connectivity index (χ1v) is 15.8. The second kappa shape index (κ2) is 10.4. The Labute approximate surface area is 274 Å².